The van der Waals surface area contributed by atoms with E-state index in [0.717, 1.165) is 5.39 Å². The van der Waals surface area contributed by atoms with Crippen LogP contribution in [0.5, 0.6) is 0 Å². The van der Waals surface area contributed by atoms with Gasteiger partial charge >= 0.3 is 0 Å². The molecule has 3 N–H and O–H groups in total. The summed E-state index contributed by atoms with van der Waals surface area (Å²) in [6.45, 7) is 0. The highest BCUT2D eigenvalue weighted by Crippen LogP contribution is 2.42. The van der Waals surface area contributed by atoms with Crippen molar-refractivity contribution >= 4 is 28.3 Å². The molecule has 2 saturated carbocycles. The van der Waals surface area contributed by atoms with Crippen LogP contribution in [-0.4, -0.2) is 22.3 Å². The summed E-state index contributed by atoms with van der Waals surface area (Å²) in [6.07, 6.45) is 1.65. The summed E-state index contributed by atoms with van der Waals surface area (Å²) in [7, 11) is 0. The van der Waals surface area contributed by atoms with Crippen molar-refractivity contribution in [3.63, 3.8) is 0 Å². The molecule has 2 aliphatic carbocycles. The van der Waals surface area contributed by atoms with Crippen LogP contribution in [-0.2, 0) is 4.79 Å². The summed E-state index contributed by atoms with van der Waals surface area (Å²) in [6, 6.07) is 5.74. The van der Waals surface area contributed by atoms with Gasteiger partial charge in [-0.1, -0.05) is 0 Å². The first-order valence-corrected chi connectivity index (χ1v) is 7.13. The summed E-state index contributed by atoms with van der Waals surface area (Å²) in [5.41, 5.74) is 8.45. The highest BCUT2D eigenvalue weighted by atomic mass is 19.1. The van der Waals surface area contributed by atoms with Crippen LogP contribution in [0.2, 0.25) is 0 Å². The van der Waals surface area contributed by atoms with E-state index >= 15 is 0 Å². The second-order valence-electron chi connectivity index (χ2n) is 5.90. The largest absolute Gasteiger partial charge is 0.397 e. The minimum absolute atomic E-state index is 0.297. The van der Waals surface area contributed by atoms with E-state index in [9.17, 15) is 9.18 Å². The maximum Gasteiger partial charge on any atom is 0.231 e. The topological polar surface area (TPSA) is 80.9 Å². The fraction of sp³-hybridized carbons (Fsp3) is 0.400. The predicted molar refractivity (Wildman–Crippen MR) is 77.6 cm³/mol. The number of aromatic nitrogens is 2. The van der Waals surface area contributed by atoms with E-state index in [1.54, 1.807) is 6.07 Å². The zero-order valence-electron chi connectivity index (χ0n) is 11.3. The highest BCUT2D eigenvalue weighted by Gasteiger charge is 2.43. The molecule has 1 heterocycles. The zero-order chi connectivity index (χ0) is 14.6. The van der Waals surface area contributed by atoms with E-state index in [-0.39, 0.29) is 5.91 Å². The minimum atomic E-state index is -1.02. The number of hydrogen-bond donors (Lipinski definition) is 2. The lowest BCUT2D eigenvalue weighted by Crippen LogP contribution is -2.16. The molecule has 2 fully saturated rings. The number of nitrogens with zero attached hydrogens (tertiary/aromatic N) is 2. The average Bonchev–Trinajstić information content (AvgIpc) is 3.33. The number of benzene rings is 1. The van der Waals surface area contributed by atoms with Crippen LogP contribution in [0.3, 0.4) is 0 Å². The van der Waals surface area contributed by atoms with Crippen molar-refractivity contribution in [3.8, 4) is 0 Å². The second-order valence-corrected chi connectivity index (χ2v) is 5.90. The Morgan fingerprint density at radius 1 is 1.29 bits per heavy atom. The molecule has 5 nitrogen and oxygen atoms in total. The summed E-state index contributed by atoms with van der Waals surface area (Å²) in [4.78, 5) is 11.7. The van der Waals surface area contributed by atoms with Crippen molar-refractivity contribution in [1.82, 2.24) is 10.2 Å². The van der Waals surface area contributed by atoms with Crippen molar-refractivity contribution in [2.24, 2.45) is 5.92 Å². The van der Waals surface area contributed by atoms with Crippen LogP contribution in [0.4, 0.5) is 15.9 Å². The third-order valence-corrected chi connectivity index (χ3v) is 4.09. The number of alkyl halides is 1. The van der Waals surface area contributed by atoms with E-state index in [0.29, 0.717) is 29.4 Å². The van der Waals surface area contributed by atoms with Crippen LogP contribution in [0, 0.1) is 5.92 Å². The number of rotatable bonds is 3. The number of nitrogen functional groups attached to an aromatic ring is 1. The Morgan fingerprint density at radius 3 is 2.71 bits per heavy atom. The summed E-state index contributed by atoms with van der Waals surface area (Å²) >= 11 is 0. The molecule has 108 valence electrons. The summed E-state index contributed by atoms with van der Waals surface area (Å²) in [5.74, 6) is 0.0634. The fourth-order valence-corrected chi connectivity index (χ4v) is 2.58. The molecule has 2 aliphatic rings. The third-order valence-electron chi connectivity index (χ3n) is 4.09. The van der Waals surface area contributed by atoms with Crippen molar-refractivity contribution in [2.45, 2.75) is 31.4 Å². The normalized spacial score (nSPS) is 24.0. The molecule has 21 heavy (non-hydrogen) atoms. The van der Waals surface area contributed by atoms with E-state index in [1.807, 2.05) is 12.1 Å². The monoisotopic (exact) mass is 286 g/mol. The van der Waals surface area contributed by atoms with Gasteiger partial charge in [-0.15, -0.1) is 10.2 Å². The number of anilines is 2. The Morgan fingerprint density at radius 2 is 2.05 bits per heavy atom. The van der Waals surface area contributed by atoms with Gasteiger partial charge in [-0.25, -0.2) is 4.39 Å². The van der Waals surface area contributed by atoms with E-state index in [4.69, 9.17) is 5.73 Å². The quantitative estimate of drug-likeness (QED) is 0.849. The molecule has 2 unspecified atom stereocenters. The van der Waals surface area contributed by atoms with Crippen LogP contribution in [0.25, 0.3) is 10.9 Å². The Kier molecular flexibility index (Phi) is 2.60. The number of carbonyl (C=O) groups excluding carboxylic acids is 1. The molecule has 0 spiro atoms. The molecule has 1 amide bonds. The third kappa shape index (κ3) is 2.30. The number of nitrogens with two attached hydrogens (primary N) is 1. The lowest BCUT2D eigenvalue weighted by molar-refractivity contribution is -0.117. The fourth-order valence-electron chi connectivity index (χ4n) is 2.58. The number of carbonyl (C=O) groups is 1. The molecule has 1 aromatic carbocycles. The number of nitrogens with one attached hydrogen (secondary N) is 1. The molecular weight excluding hydrogens is 271 g/mol. The van der Waals surface area contributed by atoms with E-state index in [1.165, 1.54) is 18.4 Å². The van der Waals surface area contributed by atoms with Gasteiger partial charge in [-0.05, 0) is 48.9 Å². The van der Waals surface area contributed by atoms with Crippen LogP contribution in [0.1, 0.15) is 30.7 Å². The summed E-state index contributed by atoms with van der Waals surface area (Å²) in [5, 5.41) is 11.5. The molecule has 0 radical (unpaired) electrons. The van der Waals surface area contributed by atoms with E-state index in [2.05, 4.69) is 15.5 Å². The Bertz CT molecular complexity index is 744. The van der Waals surface area contributed by atoms with Crippen LogP contribution < -0.4 is 11.1 Å². The molecule has 0 saturated heterocycles. The Labute approximate surface area is 120 Å². The lowest BCUT2D eigenvalue weighted by atomic mass is 10.1. The van der Waals surface area contributed by atoms with Crippen molar-refractivity contribution in [3.05, 3.63) is 23.8 Å². The van der Waals surface area contributed by atoms with E-state index < -0.39 is 12.1 Å². The van der Waals surface area contributed by atoms with Gasteiger partial charge in [0.05, 0.1) is 11.6 Å². The first kappa shape index (κ1) is 12.5. The van der Waals surface area contributed by atoms with Gasteiger partial charge in [0.2, 0.25) is 5.91 Å². The molecular formula is C15H15FN4O. The SMILES string of the molecule is Nc1cc(C2CC2)cc2cc(NC(=O)C3CC3F)nnc12. The molecule has 1 aromatic heterocycles. The van der Waals surface area contributed by atoms with Crippen LogP contribution in [0.15, 0.2) is 18.2 Å². The smallest absolute Gasteiger partial charge is 0.231 e. The first-order chi connectivity index (χ1) is 10.1. The molecule has 0 aliphatic heterocycles. The molecule has 2 atom stereocenters. The zero-order valence-corrected chi connectivity index (χ0v) is 11.3. The number of hydrogen-bond acceptors (Lipinski definition) is 4. The summed E-state index contributed by atoms with van der Waals surface area (Å²) < 4.78 is 12.9. The van der Waals surface area contributed by atoms with Gasteiger partial charge in [0.15, 0.2) is 5.82 Å². The number of fused-ring (bicyclic) bond motifs is 1. The lowest BCUT2D eigenvalue weighted by Gasteiger charge is -2.07. The average molecular weight is 286 g/mol. The predicted octanol–water partition coefficient (Wildman–Crippen LogP) is 2.39. The highest BCUT2D eigenvalue weighted by molar-refractivity contribution is 5.97. The van der Waals surface area contributed by atoms with Crippen LogP contribution >= 0.6 is 0 Å². The number of amides is 1. The van der Waals surface area contributed by atoms with Crippen molar-refractivity contribution < 1.29 is 9.18 Å². The Balaban J connectivity index is 1.66. The molecule has 6 heteroatoms. The molecule has 4 rings (SSSR count). The van der Waals surface area contributed by atoms with Gasteiger partial charge in [0, 0.05) is 5.39 Å². The van der Waals surface area contributed by atoms with Gasteiger partial charge in [0.25, 0.3) is 0 Å². The molecule has 0 bridgehead atoms. The van der Waals surface area contributed by atoms with Crippen molar-refractivity contribution in [1.29, 1.82) is 0 Å². The maximum absolute atomic E-state index is 12.9. The minimum Gasteiger partial charge on any atom is -0.397 e. The van der Waals surface area contributed by atoms with Crippen molar-refractivity contribution in [2.75, 3.05) is 11.1 Å². The van der Waals surface area contributed by atoms with Gasteiger partial charge in [0.1, 0.15) is 11.7 Å². The number of halogens is 1. The second kappa shape index (κ2) is 4.38. The Hall–Kier alpha value is -2.24. The maximum atomic E-state index is 12.9. The van der Waals surface area contributed by atoms with Gasteiger partial charge < -0.3 is 11.1 Å². The van der Waals surface area contributed by atoms with Gasteiger partial charge in [-0.2, -0.15) is 0 Å². The van der Waals surface area contributed by atoms with Gasteiger partial charge in [-0.3, -0.25) is 4.79 Å². The molecule has 2 aromatic rings. The standard InChI is InChI=1S/C15H15FN4O/c16-11-6-10(11)15(21)18-13-5-9-3-8(7-1-2-7)4-12(17)14(9)20-19-13/h3-5,7,10-11H,1-2,6,17H2,(H,18,19,21). The first-order valence-electron chi connectivity index (χ1n) is 7.13.